The fourth-order valence-electron chi connectivity index (χ4n) is 7.30. The lowest BCUT2D eigenvalue weighted by Gasteiger charge is -2.30. The zero-order valence-electron chi connectivity index (χ0n) is 26.4. The molecule has 4 aromatic rings. The first-order valence-corrected chi connectivity index (χ1v) is 16.7. The average Bonchev–Trinajstić information content (AvgIpc) is 3.89. The number of fused-ring (bicyclic) bond motifs is 4. The van der Waals surface area contributed by atoms with Crippen LogP contribution in [-0.4, -0.2) is 90.0 Å². The van der Waals surface area contributed by atoms with Crippen LogP contribution in [0.4, 0.5) is 0 Å². The first-order chi connectivity index (χ1) is 22.9. The van der Waals surface area contributed by atoms with E-state index in [1.165, 1.54) is 25.9 Å². The highest BCUT2D eigenvalue weighted by molar-refractivity contribution is 6.30. The summed E-state index contributed by atoms with van der Waals surface area (Å²) in [5.41, 5.74) is 1.64. The maximum absolute atomic E-state index is 12.4. The first kappa shape index (κ1) is 31.4. The van der Waals surface area contributed by atoms with Gasteiger partial charge in [-0.1, -0.05) is 23.7 Å². The molecule has 4 aliphatic heterocycles. The zero-order valence-corrected chi connectivity index (χ0v) is 27.1. The number of hydrogen-bond acceptors (Lipinski definition) is 9. The molecule has 2 aromatic carbocycles. The summed E-state index contributed by atoms with van der Waals surface area (Å²) >= 11 is 5.88. The van der Waals surface area contributed by atoms with Crippen molar-refractivity contribution in [2.45, 2.75) is 37.8 Å². The Balaban J connectivity index is 0.000000150. The van der Waals surface area contributed by atoms with Gasteiger partial charge in [-0.3, -0.25) is 9.59 Å². The Morgan fingerprint density at radius 1 is 0.787 bits per heavy atom. The first-order valence-electron chi connectivity index (χ1n) is 16.3. The predicted molar refractivity (Wildman–Crippen MR) is 176 cm³/mol. The van der Waals surface area contributed by atoms with Crippen molar-refractivity contribution in [2.75, 3.05) is 46.4 Å². The molecule has 2 unspecified atom stereocenters. The second-order valence-electron chi connectivity index (χ2n) is 12.9. The average molecular weight is 659 g/mol. The van der Waals surface area contributed by atoms with E-state index in [1.807, 2.05) is 36.4 Å². The fourth-order valence-corrected chi connectivity index (χ4v) is 7.43. The van der Waals surface area contributed by atoms with Crippen molar-refractivity contribution in [2.24, 2.45) is 11.8 Å². The third-order valence-corrected chi connectivity index (χ3v) is 9.76. The Bertz CT molecular complexity index is 1680. The summed E-state index contributed by atoms with van der Waals surface area (Å²) in [5.74, 6) is 2.94. The summed E-state index contributed by atoms with van der Waals surface area (Å²) in [6.45, 7) is 6.48. The quantitative estimate of drug-likeness (QED) is 0.282. The van der Waals surface area contributed by atoms with Crippen LogP contribution >= 0.6 is 11.6 Å². The third-order valence-electron chi connectivity index (χ3n) is 9.50. The highest BCUT2D eigenvalue weighted by atomic mass is 35.5. The zero-order chi connectivity index (χ0) is 32.3. The Kier molecular flexibility index (Phi) is 9.28. The molecule has 0 saturated carbocycles. The molecule has 2 amide bonds. The smallest absolute Gasteiger partial charge is 0.307 e. The van der Waals surface area contributed by atoms with Crippen molar-refractivity contribution in [1.82, 2.24) is 30.4 Å². The van der Waals surface area contributed by atoms with Crippen molar-refractivity contribution in [3.05, 3.63) is 77.7 Å². The van der Waals surface area contributed by atoms with Gasteiger partial charge in [0.25, 0.3) is 11.8 Å². The van der Waals surface area contributed by atoms with Gasteiger partial charge in [0.05, 0.1) is 25.1 Å². The molecular formula is C35H39ClN6O5. The summed E-state index contributed by atoms with van der Waals surface area (Å²) in [6.07, 6.45) is 7.72. The van der Waals surface area contributed by atoms with E-state index in [0.29, 0.717) is 34.1 Å². The SMILES string of the molecule is COc1ccccc1-c1cnc(C(=O)N[C@@H]2C[C@H]3CCN(C3)C2)o1.O=C(N[C@@H]1C[C@H]2CCN(C2)C1)c1ncc(-c2ccc(Cl)cc2)o1. The Labute approximate surface area is 278 Å². The molecule has 12 heteroatoms. The van der Waals surface area contributed by atoms with Crippen LogP contribution in [0, 0.1) is 11.8 Å². The lowest BCUT2D eigenvalue weighted by atomic mass is 9.97. The van der Waals surface area contributed by atoms with Gasteiger partial charge in [0, 0.05) is 48.8 Å². The number of nitrogens with zero attached hydrogens (tertiary/aromatic N) is 4. The van der Waals surface area contributed by atoms with Crippen molar-refractivity contribution in [3.63, 3.8) is 0 Å². The van der Waals surface area contributed by atoms with Crippen LogP contribution < -0.4 is 15.4 Å². The Hall–Kier alpha value is -4.19. The minimum atomic E-state index is -0.247. The van der Waals surface area contributed by atoms with Gasteiger partial charge in [0.1, 0.15) is 5.75 Å². The molecule has 4 fully saturated rings. The highest BCUT2D eigenvalue weighted by Crippen LogP contribution is 2.31. The number of nitrogens with one attached hydrogen (secondary N) is 2. The van der Waals surface area contributed by atoms with Crippen molar-refractivity contribution < 1.29 is 23.2 Å². The molecule has 4 saturated heterocycles. The maximum Gasteiger partial charge on any atom is 0.307 e. The van der Waals surface area contributed by atoms with E-state index in [4.69, 9.17) is 25.2 Å². The molecule has 2 aromatic heterocycles. The van der Waals surface area contributed by atoms with Gasteiger partial charge in [-0.05, 0) is 87.0 Å². The van der Waals surface area contributed by atoms with E-state index in [0.717, 1.165) is 50.1 Å². The highest BCUT2D eigenvalue weighted by Gasteiger charge is 2.34. The number of carbonyl (C=O) groups excluding carboxylic acids is 2. The molecule has 4 aliphatic rings. The Morgan fingerprint density at radius 3 is 1.91 bits per heavy atom. The lowest BCUT2D eigenvalue weighted by molar-refractivity contribution is 0.0867. The van der Waals surface area contributed by atoms with E-state index in [-0.39, 0.29) is 35.7 Å². The number of carbonyl (C=O) groups is 2. The molecule has 47 heavy (non-hydrogen) atoms. The van der Waals surface area contributed by atoms with Gasteiger partial charge < -0.3 is 34.0 Å². The normalized spacial score (nSPS) is 25.8. The number of methoxy groups -OCH3 is 1. The molecular weight excluding hydrogens is 620 g/mol. The van der Waals surface area contributed by atoms with E-state index in [9.17, 15) is 9.59 Å². The third kappa shape index (κ3) is 7.37. The molecule has 246 valence electrons. The van der Waals surface area contributed by atoms with Gasteiger partial charge >= 0.3 is 11.8 Å². The van der Waals surface area contributed by atoms with E-state index < -0.39 is 0 Å². The standard InChI is InChI=1S/C18H21N3O3.C17H18ClN3O2/c1-23-15-5-3-2-4-14(15)16-9-19-18(24-16)17(22)20-13-8-12-6-7-21(10-12)11-13;18-13-3-1-12(2-4-13)15-8-19-17(23-15)16(22)20-14-7-11-5-6-21(9-11)10-14/h2-5,9,12-13H,6-8,10-11H2,1H3,(H,20,22);1-4,8,11,14H,5-7,9-10H2,(H,20,22)/t12-,13-;11-,14-/m11/s1. The number of halogens is 1. The molecule has 8 rings (SSSR count). The number of amides is 2. The van der Waals surface area contributed by atoms with Gasteiger partial charge in [-0.2, -0.15) is 0 Å². The number of rotatable bonds is 7. The largest absolute Gasteiger partial charge is 0.496 e. The number of ether oxygens (including phenoxy) is 1. The number of para-hydroxylation sites is 1. The molecule has 0 spiro atoms. The van der Waals surface area contributed by atoms with E-state index in [2.05, 4.69) is 30.4 Å². The predicted octanol–water partition coefficient (Wildman–Crippen LogP) is 4.99. The van der Waals surface area contributed by atoms with Crippen LogP contribution in [0.5, 0.6) is 5.75 Å². The maximum atomic E-state index is 12.4. The number of hydrogen-bond donors (Lipinski definition) is 2. The minimum Gasteiger partial charge on any atom is -0.496 e. The molecule has 0 aliphatic carbocycles. The van der Waals surface area contributed by atoms with Crippen LogP contribution in [0.25, 0.3) is 22.6 Å². The fraction of sp³-hybridized carbons (Fsp3) is 0.429. The monoisotopic (exact) mass is 658 g/mol. The second-order valence-corrected chi connectivity index (χ2v) is 13.3. The summed E-state index contributed by atoms with van der Waals surface area (Å²) < 4.78 is 16.6. The van der Waals surface area contributed by atoms with Gasteiger partial charge in [0.2, 0.25) is 0 Å². The van der Waals surface area contributed by atoms with E-state index in [1.54, 1.807) is 31.6 Å². The van der Waals surface area contributed by atoms with Gasteiger partial charge in [-0.15, -0.1) is 0 Å². The van der Waals surface area contributed by atoms with Crippen molar-refractivity contribution in [1.29, 1.82) is 0 Å². The van der Waals surface area contributed by atoms with Crippen molar-refractivity contribution >= 4 is 23.4 Å². The Morgan fingerprint density at radius 2 is 1.34 bits per heavy atom. The van der Waals surface area contributed by atoms with E-state index >= 15 is 0 Å². The number of benzene rings is 2. The van der Waals surface area contributed by atoms with Crippen LogP contribution in [0.15, 0.2) is 69.8 Å². The van der Waals surface area contributed by atoms with Crippen LogP contribution in [-0.2, 0) is 0 Å². The van der Waals surface area contributed by atoms with Crippen LogP contribution in [0.2, 0.25) is 5.02 Å². The molecule has 6 heterocycles. The molecule has 0 radical (unpaired) electrons. The minimum absolute atomic E-state index is 0.101. The van der Waals surface area contributed by atoms with Gasteiger partial charge in [-0.25, -0.2) is 9.97 Å². The number of piperidine rings is 2. The van der Waals surface area contributed by atoms with Crippen LogP contribution in [0.1, 0.15) is 47.1 Å². The summed E-state index contributed by atoms with van der Waals surface area (Å²) in [4.78, 5) is 37.8. The summed E-state index contributed by atoms with van der Waals surface area (Å²) in [5, 5.41) is 6.77. The molecule has 6 atom stereocenters. The number of oxazole rings is 2. The summed E-state index contributed by atoms with van der Waals surface area (Å²) in [7, 11) is 1.61. The second kappa shape index (κ2) is 13.9. The summed E-state index contributed by atoms with van der Waals surface area (Å²) in [6, 6.07) is 15.1. The molecule has 2 N–H and O–H groups in total. The molecule has 4 bridgehead atoms. The van der Waals surface area contributed by atoms with Crippen LogP contribution in [0.3, 0.4) is 0 Å². The lowest BCUT2D eigenvalue weighted by Crippen LogP contribution is -2.47. The van der Waals surface area contributed by atoms with Crippen molar-refractivity contribution in [3.8, 4) is 28.4 Å². The molecule has 11 nitrogen and oxygen atoms in total. The topological polar surface area (TPSA) is 126 Å². The number of aromatic nitrogens is 2. The van der Waals surface area contributed by atoms with Gasteiger partial charge in [0.15, 0.2) is 11.5 Å².